The molecule has 0 unspecified atom stereocenters. The highest BCUT2D eigenvalue weighted by atomic mass is 19.1. The average Bonchev–Trinajstić information content (AvgIpc) is 2.50. The van der Waals surface area contributed by atoms with Crippen LogP contribution >= 0.6 is 0 Å². The van der Waals surface area contributed by atoms with E-state index in [1.54, 1.807) is 6.21 Å². The number of nitrogens with one attached hydrogen (secondary N) is 2. The molecule has 2 N–H and O–H groups in total. The van der Waals surface area contributed by atoms with Crippen molar-refractivity contribution in [3.05, 3.63) is 65.5 Å². The third-order valence-electron chi connectivity index (χ3n) is 3.08. The summed E-state index contributed by atoms with van der Waals surface area (Å²) in [5.74, 6) is 0.124. The third kappa shape index (κ3) is 4.70. The number of urea groups is 1. The number of rotatable bonds is 4. The molecule has 2 aromatic rings. The Morgan fingerprint density at radius 2 is 1.73 bits per heavy atom. The van der Waals surface area contributed by atoms with E-state index in [1.807, 2.05) is 24.3 Å². The van der Waals surface area contributed by atoms with Crippen LogP contribution in [0.25, 0.3) is 0 Å². The van der Waals surface area contributed by atoms with E-state index in [0.29, 0.717) is 11.6 Å². The first-order chi connectivity index (χ1) is 10.5. The standard InChI is InChI=1S/C17H18FN3O/c1-12(2)14-5-3-13(4-6-14)11-19-21-17(22)20-16-9-7-15(18)8-10-16/h3-12H,1-2H3,(H2,20,21,22)/b19-11+. The Morgan fingerprint density at radius 1 is 1.09 bits per heavy atom. The highest BCUT2D eigenvalue weighted by molar-refractivity contribution is 5.90. The number of anilines is 1. The number of carbonyl (C=O) groups excluding carboxylic acids is 1. The van der Waals surface area contributed by atoms with Gasteiger partial charge in [0.05, 0.1) is 6.21 Å². The van der Waals surface area contributed by atoms with Crippen molar-refractivity contribution in [3.8, 4) is 0 Å². The van der Waals surface area contributed by atoms with E-state index < -0.39 is 6.03 Å². The molecule has 0 aliphatic heterocycles. The Labute approximate surface area is 129 Å². The van der Waals surface area contributed by atoms with Crippen molar-refractivity contribution in [3.63, 3.8) is 0 Å². The molecule has 0 aliphatic carbocycles. The third-order valence-corrected chi connectivity index (χ3v) is 3.08. The molecule has 2 amide bonds. The van der Waals surface area contributed by atoms with Crippen molar-refractivity contribution in [2.45, 2.75) is 19.8 Å². The number of hydrazone groups is 1. The second-order valence-corrected chi connectivity index (χ2v) is 5.15. The van der Waals surface area contributed by atoms with Crippen molar-refractivity contribution < 1.29 is 9.18 Å². The normalized spacial score (nSPS) is 10.9. The number of halogens is 1. The van der Waals surface area contributed by atoms with Gasteiger partial charge in [-0.15, -0.1) is 0 Å². The van der Waals surface area contributed by atoms with E-state index in [9.17, 15) is 9.18 Å². The van der Waals surface area contributed by atoms with E-state index in [-0.39, 0.29) is 5.82 Å². The van der Waals surface area contributed by atoms with Crippen molar-refractivity contribution in [1.29, 1.82) is 0 Å². The zero-order valence-electron chi connectivity index (χ0n) is 12.5. The van der Waals surface area contributed by atoms with E-state index in [1.165, 1.54) is 29.8 Å². The molecule has 0 fully saturated rings. The van der Waals surface area contributed by atoms with Crippen molar-refractivity contribution in [1.82, 2.24) is 5.43 Å². The number of nitrogens with zero attached hydrogens (tertiary/aromatic N) is 1. The summed E-state index contributed by atoms with van der Waals surface area (Å²) in [5, 5.41) is 6.42. The monoisotopic (exact) mass is 299 g/mol. The Balaban J connectivity index is 1.86. The molecule has 22 heavy (non-hydrogen) atoms. The maximum Gasteiger partial charge on any atom is 0.339 e. The summed E-state index contributed by atoms with van der Waals surface area (Å²) >= 11 is 0. The Hall–Kier alpha value is -2.69. The van der Waals surface area contributed by atoms with E-state index in [4.69, 9.17) is 0 Å². The second kappa shape index (κ2) is 7.36. The minimum Gasteiger partial charge on any atom is -0.307 e. The van der Waals surface area contributed by atoms with Crippen molar-refractivity contribution >= 4 is 17.9 Å². The zero-order chi connectivity index (χ0) is 15.9. The summed E-state index contributed by atoms with van der Waals surface area (Å²) in [6, 6.07) is 13.0. The fraction of sp³-hybridized carbons (Fsp3) is 0.176. The van der Waals surface area contributed by atoms with Gasteiger partial charge in [-0.2, -0.15) is 5.10 Å². The number of hydrogen-bond acceptors (Lipinski definition) is 2. The largest absolute Gasteiger partial charge is 0.339 e. The average molecular weight is 299 g/mol. The fourth-order valence-electron chi connectivity index (χ4n) is 1.82. The number of hydrogen-bond donors (Lipinski definition) is 2. The first-order valence-electron chi connectivity index (χ1n) is 7.00. The summed E-state index contributed by atoms with van der Waals surface area (Å²) in [7, 11) is 0. The summed E-state index contributed by atoms with van der Waals surface area (Å²) in [4.78, 5) is 11.6. The highest BCUT2D eigenvalue weighted by Crippen LogP contribution is 2.13. The van der Waals surface area contributed by atoms with Crippen LogP contribution in [0.2, 0.25) is 0 Å². The van der Waals surface area contributed by atoms with Gasteiger partial charge in [-0.25, -0.2) is 14.6 Å². The molecule has 0 atom stereocenters. The molecule has 4 nitrogen and oxygen atoms in total. The Bertz CT molecular complexity index is 649. The molecule has 2 rings (SSSR count). The predicted octanol–water partition coefficient (Wildman–Crippen LogP) is 4.10. The molecule has 0 aliphatic rings. The number of carbonyl (C=O) groups is 1. The van der Waals surface area contributed by atoms with Crippen molar-refractivity contribution in [2.75, 3.05) is 5.32 Å². The fourth-order valence-corrected chi connectivity index (χ4v) is 1.82. The lowest BCUT2D eigenvalue weighted by Gasteiger charge is -2.05. The van der Waals surface area contributed by atoms with Gasteiger partial charge in [-0.1, -0.05) is 38.1 Å². The quantitative estimate of drug-likeness (QED) is 0.648. The first kappa shape index (κ1) is 15.7. The van der Waals surface area contributed by atoms with Crippen molar-refractivity contribution in [2.24, 2.45) is 5.10 Å². The lowest BCUT2D eigenvalue weighted by atomic mass is 10.0. The Kier molecular flexibility index (Phi) is 5.25. The molecule has 0 aromatic heterocycles. The second-order valence-electron chi connectivity index (χ2n) is 5.15. The van der Waals surface area contributed by atoms with Gasteiger partial charge < -0.3 is 5.32 Å². The molecule has 0 bridgehead atoms. The van der Waals surface area contributed by atoms with E-state index in [2.05, 4.69) is 29.7 Å². The number of amides is 2. The zero-order valence-corrected chi connectivity index (χ0v) is 12.5. The van der Waals surface area contributed by atoms with Gasteiger partial charge in [0.25, 0.3) is 0 Å². The van der Waals surface area contributed by atoms with Gasteiger partial charge in [-0.05, 0) is 41.3 Å². The molecule has 2 aromatic carbocycles. The molecular weight excluding hydrogens is 281 g/mol. The molecule has 5 heteroatoms. The van der Waals surface area contributed by atoms with Crippen LogP contribution in [0.5, 0.6) is 0 Å². The minimum absolute atomic E-state index is 0.353. The summed E-state index contributed by atoms with van der Waals surface area (Å²) in [5.41, 5.74) is 5.00. The topological polar surface area (TPSA) is 53.5 Å². The summed E-state index contributed by atoms with van der Waals surface area (Å²) in [6.07, 6.45) is 1.56. The molecule has 0 heterocycles. The molecule has 0 saturated carbocycles. The van der Waals surface area contributed by atoms with Crippen LogP contribution in [0.4, 0.5) is 14.9 Å². The van der Waals surface area contributed by atoms with Gasteiger partial charge in [0.15, 0.2) is 0 Å². The number of benzene rings is 2. The van der Waals surface area contributed by atoms with Gasteiger partial charge in [0, 0.05) is 5.69 Å². The van der Waals surface area contributed by atoms with Crippen LogP contribution < -0.4 is 10.7 Å². The van der Waals surface area contributed by atoms with Crippen LogP contribution in [0, 0.1) is 5.82 Å². The van der Waals surface area contributed by atoms with E-state index in [0.717, 1.165) is 5.56 Å². The minimum atomic E-state index is -0.485. The van der Waals surface area contributed by atoms with Gasteiger partial charge in [0.1, 0.15) is 5.82 Å². The Morgan fingerprint density at radius 3 is 2.32 bits per heavy atom. The molecule has 114 valence electrons. The summed E-state index contributed by atoms with van der Waals surface area (Å²) < 4.78 is 12.7. The van der Waals surface area contributed by atoms with Crippen LogP contribution in [-0.4, -0.2) is 12.2 Å². The molecule has 0 spiro atoms. The SMILES string of the molecule is CC(C)c1ccc(/C=N/NC(=O)Nc2ccc(F)cc2)cc1. The molecule has 0 radical (unpaired) electrons. The molecule has 0 saturated heterocycles. The van der Waals surface area contributed by atoms with Gasteiger partial charge in [0.2, 0.25) is 0 Å². The highest BCUT2D eigenvalue weighted by Gasteiger charge is 2.00. The van der Waals surface area contributed by atoms with Crippen LogP contribution in [0.3, 0.4) is 0 Å². The van der Waals surface area contributed by atoms with Crippen LogP contribution in [0.15, 0.2) is 53.6 Å². The predicted molar refractivity (Wildman–Crippen MR) is 86.7 cm³/mol. The van der Waals surface area contributed by atoms with Gasteiger partial charge >= 0.3 is 6.03 Å². The maximum absolute atomic E-state index is 12.7. The first-order valence-corrected chi connectivity index (χ1v) is 7.00. The lowest BCUT2D eigenvalue weighted by molar-refractivity contribution is 0.252. The smallest absolute Gasteiger partial charge is 0.307 e. The van der Waals surface area contributed by atoms with Crippen LogP contribution in [-0.2, 0) is 0 Å². The van der Waals surface area contributed by atoms with E-state index >= 15 is 0 Å². The summed E-state index contributed by atoms with van der Waals surface area (Å²) in [6.45, 7) is 4.26. The lowest BCUT2D eigenvalue weighted by Crippen LogP contribution is -2.24. The molecular formula is C17H18FN3O. The van der Waals surface area contributed by atoms with Gasteiger partial charge in [-0.3, -0.25) is 0 Å². The van der Waals surface area contributed by atoms with Crippen LogP contribution in [0.1, 0.15) is 30.9 Å². The maximum atomic E-state index is 12.7.